The number of anilines is 2. The van der Waals surface area contributed by atoms with E-state index in [9.17, 15) is 24.0 Å². The molecule has 454 valence electrons. The molecule has 0 amide bonds. The molecule has 12 aromatic rings. The summed E-state index contributed by atoms with van der Waals surface area (Å²) < 4.78 is 23.9. The lowest BCUT2D eigenvalue weighted by molar-refractivity contribution is -0.141. The van der Waals surface area contributed by atoms with Gasteiger partial charge in [-0.05, 0) is 153 Å². The van der Waals surface area contributed by atoms with Gasteiger partial charge in [0.2, 0.25) is 0 Å². The van der Waals surface area contributed by atoms with Crippen LogP contribution in [0.1, 0.15) is 64.9 Å². The molecule has 0 N–H and O–H groups in total. The smallest absolute Gasteiger partial charge is 0.325 e. The molecule has 0 spiro atoms. The van der Waals surface area contributed by atoms with Crippen molar-refractivity contribution >= 4 is 105 Å². The van der Waals surface area contributed by atoms with Crippen molar-refractivity contribution in [2.45, 2.75) is 92.4 Å². The number of unbranched alkanes of at least 4 members (excludes halogenated alkanes) is 3. The Balaban J connectivity index is 0.000000140. The van der Waals surface area contributed by atoms with Crippen molar-refractivity contribution in [1.29, 1.82) is 0 Å². The molecule has 0 atom stereocenters. The fourth-order valence-corrected chi connectivity index (χ4v) is 11.4. The Morgan fingerprint density at radius 1 is 0.375 bits per heavy atom. The van der Waals surface area contributed by atoms with Crippen LogP contribution in [0.5, 0.6) is 11.5 Å². The van der Waals surface area contributed by atoms with Gasteiger partial charge in [-0.3, -0.25) is 24.0 Å². The van der Waals surface area contributed by atoms with Crippen molar-refractivity contribution < 1.29 is 19.0 Å². The van der Waals surface area contributed by atoms with Gasteiger partial charge in [0.15, 0.2) is 21.7 Å². The van der Waals surface area contributed by atoms with Crippen LogP contribution >= 0.6 is 0 Å². The van der Waals surface area contributed by atoms with E-state index in [-0.39, 0.29) is 34.2 Å². The second kappa shape index (κ2) is 28.2. The van der Waals surface area contributed by atoms with Crippen molar-refractivity contribution in [3.63, 3.8) is 0 Å². The van der Waals surface area contributed by atoms with E-state index < -0.39 is 0 Å². The Morgan fingerprint density at radius 3 is 1.10 bits per heavy atom. The number of carbonyl (C=O) groups excluding carboxylic acids is 1. The monoisotopic (exact) mass is 1180 g/mol. The Labute approximate surface area is 512 Å². The minimum Gasteiger partial charge on any atom is -0.497 e. The Bertz CT molecular complexity index is 4790. The molecule has 88 heavy (non-hydrogen) atoms. The van der Waals surface area contributed by atoms with Crippen molar-refractivity contribution in [3.8, 4) is 11.5 Å². The van der Waals surface area contributed by atoms with Crippen LogP contribution in [0.2, 0.25) is 0 Å². The average Bonchev–Trinajstić information content (AvgIpc) is 3.44. The van der Waals surface area contributed by atoms with Gasteiger partial charge < -0.3 is 42.3 Å². The summed E-state index contributed by atoms with van der Waals surface area (Å²) >= 11 is 0. The highest BCUT2D eigenvalue weighted by Crippen LogP contribution is 2.29. The summed E-state index contributed by atoms with van der Waals surface area (Å²) in [6.07, 6.45) is 6.69. The van der Waals surface area contributed by atoms with E-state index >= 15 is 0 Å². The van der Waals surface area contributed by atoms with Gasteiger partial charge in [0, 0.05) is 102 Å². The number of benzene rings is 8. The molecule has 0 unspecified atom stereocenters. The maximum Gasteiger partial charge on any atom is 0.325 e. The first-order valence-corrected chi connectivity index (χ1v) is 30.3. The molecule has 4 heterocycles. The fraction of sp³-hybridized carbons (Fsp3) is 0.284. The number of aromatic nitrogens is 4. The molecule has 12 rings (SSSR count). The topological polar surface area (TPSA) is 139 Å². The number of para-hydroxylation sites is 3. The van der Waals surface area contributed by atoms with Crippen molar-refractivity contribution in [1.82, 2.24) is 18.3 Å². The molecule has 14 heteroatoms. The van der Waals surface area contributed by atoms with Crippen LogP contribution in [0.15, 0.2) is 183 Å². The average molecular weight is 1180 g/mol. The van der Waals surface area contributed by atoms with Gasteiger partial charge in [-0.15, -0.1) is 0 Å². The number of nitrogens with zero attached hydrogens (tertiary/aromatic N) is 6. The number of esters is 1. The van der Waals surface area contributed by atoms with Crippen LogP contribution in [0.25, 0.3) is 87.2 Å². The predicted octanol–water partition coefficient (Wildman–Crippen LogP) is 14.6. The van der Waals surface area contributed by atoms with E-state index in [4.69, 9.17) is 14.2 Å². The summed E-state index contributed by atoms with van der Waals surface area (Å²) in [5, 5.41) is 5.82. The molecule has 0 radical (unpaired) electrons. The molecule has 0 aliphatic carbocycles. The summed E-state index contributed by atoms with van der Waals surface area (Å²) in [5.41, 5.74) is 11.2. The van der Waals surface area contributed by atoms with Crippen LogP contribution < -0.4 is 41.0 Å². The summed E-state index contributed by atoms with van der Waals surface area (Å²) in [7, 11) is 12.6. The maximum absolute atomic E-state index is 12.9. The highest BCUT2D eigenvalue weighted by atomic mass is 16.5. The first-order valence-electron chi connectivity index (χ1n) is 30.3. The minimum absolute atomic E-state index is 0.0418. The highest BCUT2D eigenvalue weighted by molar-refractivity contribution is 5.98. The standard InChI is InChI=1S/C20H24N2O.C19H22N2O.C18H19NO2.C17H15NO4/c1-5-6-11-22-18-12-14(2)7-9-16(18)20(23)17-10-8-15(21(3)4)13-19(17)22;1-4-5-12-21-17-9-7-6-8-15(17)19(22)16-11-10-14(20(2)3)13-18(16)21;1-3-4-11-19-16-8-6-5-7-14(16)18(20)15-12-13(21-2)9-10-17(15)19;1-21-11-7-8-15-13(9-11)17(20)12-5-3-4-6-14(12)18(15)10-16(19)22-2/h7-10,12-13H,5-6,11H2,1-4H3;6-11,13H,4-5,12H2,1-3H3;5-10,12H,3-4,11H2,1-2H3;3-9H,10H2,1-2H3. The zero-order valence-corrected chi connectivity index (χ0v) is 52.6. The van der Waals surface area contributed by atoms with Crippen molar-refractivity contribution in [2.24, 2.45) is 0 Å². The molecule has 0 fully saturated rings. The number of carbonyl (C=O) groups is 1. The number of rotatable bonds is 15. The third-order valence-corrected chi connectivity index (χ3v) is 16.3. The molecule has 14 nitrogen and oxygen atoms in total. The van der Waals surface area contributed by atoms with E-state index in [1.54, 1.807) is 49.1 Å². The summed E-state index contributed by atoms with van der Waals surface area (Å²) in [6.45, 7) is 11.5. The number of pyridine rings is 4. The predicted molar refractivity (Wildman–Crippen MR) is 366 cm³/mol. The number of hydrogen-bond acceptors (Lipinski definition) is 10. The van der Waals surface area contributed by atoms with Gasteiger partial charge in [0.1, 0.15) is 18.0 Å². The Morgan fingerprint density at radius 2 is 0.705 bits per heavy atom. The van der Waals surface area contributed by atoms with Crippen molar-refractivity contribution in [2.75, 3.05) is 59.3 Å². The van der Waals surface area contributed by atoms with E-state index in [0.29, 0.717) is 27.6 Å². The number of methoxy groups -OCH3 is 3. The first-order chi connectivity index (χ1) is 42.6. The molecule has 0 bridgehead atoms. The normalized spacial score (nSPS) is 11.1. The van der Waals surface area contributed by atoms with Crippen molar-refractivity contribution in [3.05, 3.63) is 210 Å². The van der Waals surface area contributed by atoms with Crippen LogP contribution in [-0.2, 0) is 35.7 Å². The van der Waals surface area contributed by atoms with Crippen LogP contribution in [0, 0.1) is 6.92 Å². The zero-order chi connectivity index (χ0) is 62.8. The Hall–Kier alpha value is -9.69. The SMILES string of the molecule is CCCCn1c2cc(C)ccc2c(=O)c2ccc(N(C)C)cc21.CCCCn1c2ccccc2c(=O)c2cc(OC)ccc21.CCCCn1c2ccccc2c(=O)c2ccc(N(C)C)cc21.COC(=O)Cn1c2ccccc2c(=O)c2cc(OC)ccc21. The van der Waals surface area contributed by atoms with Gasteiger partial charge in [0.25, 0.3) is 0 Å². The highest BCUT2D eigenvalue weighted by Gasteiger charge is 2.17. The fourth-order valence-electron chi connectivity index (χ4n) is 11.4. The number of aryl methyl sites for hydroxylation is 4. The molecule has 0 aliphatic heterocycles. The Kier molecular flexibility index (Phi) is 20.1. The van der Waals surface area contributed by atoms with Gasteiger partial charge in [-0.1, -0.05) is 82.5 Å². The largest absolute Gasteiger partial charge is 0.497 e. The first kappa shape index (κ1) is 62.8. The number of hydrogen-bond donors (Lipinski definition) is 0. The molecule has 0 saturated heterocycles. The lowest BCUT2D eigenvalue weighted by Crippen LogP contribution is -2.17. The summed E-state index contributed by atoms with van der Waals surface area (Å²) in [5.74, 6) is 0.951. The second-order valence-corrected chi connectivity index (χ2v) is 22.5. The molecule has 0 saturated carbocycles. The van der Waals surface area contributed by atoms with E-state index in [1.807, 2.05) is 143 Å². The van der Waals surface area contributed by atoms with Crippen LogP contribution in [0.4, 0.5) is 11.4 Å². The van der Waals surface area contributed by atoms with Gasteiger partial charge in [-0.2, -0.15) is 0 Å². The summed E-state index contributed by atoms with van der Waals surface area (Å²) in [4.78, 5) is 66.9. The van der Waals surface area contributed by atoms with E-state index in [2.05, 4.69) is 69.4 Å². The van der Waals surface area contributed by atoms with Crippen LogP contribution in [-0.4, -0.2) is 73.8 Å². The van der Waals surface area contributed by atoms with E-state index in [1.165, 1.54) is 12.7 Å². The van der Waals surface area contributed by atoms with Crippen LogP contribution in [0.3, 0.4) is 0 Å². The molecule has 8 aromatic carbocycles. The maximum atomic E-state index is 12.9. The molecule has 4 aromatic heterocycles. The molecular weight excluding hydrogens is 1100 g/mol. The molecular formula is C74H80N6O8. The summed E-state index contributed by atoms with van der Waals surface area (Å²) in [6, 6.07) is 52.3. The third kappa shape index (κ3) is 13.0. The second-order valence-electron chi connectivity index (χ2n) is 22.5. The lowest BCUT2D eigenvalue weighted by Gasteiger charge is -2.18. The third-order valence-electron chi connectivity index (χ3n) is 16.3. The number of fused-ring (bicyclic) bond motifs is 8. The quantitative estimate of drug-likeness (QED) is 0.0720. The van der Waals surface area contributed by atoms with E-state index in [0.717, 1.165) is 141 Å². The molecule has 0 aliphatic rings. The van der Waals surface area contributed by atoms with Gasteiger partial charge >= 0.3 is 5.97 Å². The zero-order valence-electron chi connectivity index (χ0n) is 52.6. The lowest BCUT2D eigenvalue weighted by atomic mass is 10.1. The van der Waals surface area contributed by atoms with Gasteiger partial charge in [-0.25, -0.2) is 0 Å². The minimum atomic E-state index is -0.370. The van der Waals surface area contributed by atoms with Gasteiger partial charge in [0.05, 0.1) is 65.5 Å². The number of ether oxygens (including phenoxy) is 3.